The molecule has 0 spiro atoms. The zero-order valence-electron chi connectivity index (χ0n) is 11.6. The number of fused-ring (bicyclic) bond motifs is 1. The molecule has 22 heavy (non-hydrogen) atoms. The summed E-state index contributed by atoms with van der Waals surface area (Å²) in [5, 5.41) is 13.4. The minimum absolute atomic E-state index is 0.0812. The van der Waals surface area contributed by atoms with E-state index in [9.17, 15) is 10.1 Å². The lowest BCUT2D eigenvalue weighted by Gasteiger charge is -2.00. The second kappa shape index (κ2) is 6.00. The topological polar surface area (TPSA) is 43.1 Å². The van der Waals surface area contributed by atoms with Crippen molar-refractivity contribution in [3.63, 3.8) is 0 Å². The van der Waals surface area contributed by atoms with Crippen LogP contribution in [0.2, 0.25) is 5.02 Å². The first-order valence-electron chi connectivity index (χ1n) is 6.74. The van der Waals surface area contributed by atoms with Crippen molar-refractivity contribution in [1.29, 1.82) is 0 Å². The van der Waals surface area contributed by atoms with E-state index in [-0.39, 0.29) is 10.7 Å². The van der Waals surface area contributed by atoms with E-state index < -0.39 is 4.92 Å². The van der Waals surface area contributed by atoms with Crippen molar-refractivity contribution in [2.75, 3.05) is 0 Å². The SMILES string of the molecule is O=[N+]([O-])c1cc(/C=C/c2ccc3ccccc3c2)ccc1Cl. The first-order valence-corrected chi connectivity index (χ1v) is 7.12. The lowest BCUT2D eigenvalue weighted by molar-refractivity contribution is -0.384. The summed E-state index contributed by atoms with van der Waals surface area (Å²) in [4.78, 5) is 10.4. The summed E-state index contributed by atoms with van der Waals surface area (Å²) in [6.45, 7) is 0. The van der Waals surface area contributed by atoms with Gasteiger partial charge in [0.05, 0.1) is 4.92 Å². The highest BCUT2D eigenvalue weighted by Crippen LogP contribution is 2.26. The maximum Gasteiger partial charge on any atom is 0.288 e. The molecule has 0 fully saturated rings. The Balaban J connectivity index is 1.92. The van der Waals surface area contributed by atoms with Gasteiger partial charge in [0.15, 0.2) is 0 Å². The van der Waals surface area contributed by atoms with Crippen LogP contribution < -0.4 is 0 Å². The molecule has 0 aliphatic rings. The number of hydrogen-bond donors (Lipinski definition) is 0. The number of nitro benzene ring substituents is 1. The van der Waals surface area contributed by atoms with E-state index in [1.165, 1.54) is 11.5 Å². The minimum atomic E-state index is -0.476. The molecular weight excluding hydrogens is 298 g/mol. The molecule has 0 N–H and O–H groups in total. The molecule has 0 heterocycles. The van der Waals surface area contributed by atoms with Crippen molar-refractivity contribution in [3.05, 3.63) is 86.9 Å². The average Bonchev–Trinajstić information content (AvgIpc) is 2.53. The van der Waals surface area contributed by atoms with Crippen LogP contribution in [0.15, 0.2) is 60.7 Å². The first-order chi connectivity index (χ1) is 10.6. The monoisotopic (exact) mass is 309 g/mol. The highest BCUT2D eigenvalue weighted by molar-refractivity contribution is 6.32. The fourth-order valence-electron chi connectivity index (χ4n) is 2.28. The Kier molecular flexibility index (Phi) is 3.90. The molecule has 0 bridgehead atoms. The Hall–Kier alpha value is -2.65. The molecule has 3 rings (SSSR count). The van der Waals surface area contributed by atoms with E-state index in [1.807, 2.05) is 30.4 Å². The molecule has 0 aliphatic heterocycles. The molecule has 3 nitrogen and oxygen atoms in total. The Morgan fingerprint density at radius 1 is 0.864 bits per heavy atom. The maximum absolute atomic E-state index is 10.9. The largest absolute Gasteiger partial charge is 0.288 e. The van der Waals surface area contributed by atoms with Gasteiger partial charge in [-0.05, 0) is 34.0 Å². The third kappa shape index (κ3) is 3.00. The van der Waals surface area contributed by atoms with Gasteiger partial charge in [-0.25, -0.2) is 0 Å². The van der Waals surface area contributed by atoms with Crippen molar-refractivity contribution in [3.8, 4) is 0 Å². The van der Waals surface area contributed by atoms with Crippen molar-refractivity contribution in [2.45, 2.75) is 0 Å². The van der Waals surface area contributed by atoms with Crippen molar-refractivity contribution in [1.82, 2.24) is 0 Å². The Labute approximate surface area is 132 Å². The Morgan fingerprint density at radius 3 is 2.23 bits per heavy atom. The number of nitro groups is 1. The van der Waals surface area contributed by atoms with E-state index in [0.717, 1.165) is 16.5 Å². The summed E-state index contributed by atoms with van der Waals surface area (Å²) in [6.07, 6.45) is 3.77. The smallest absolute Gasteiger partial charge is 0.258 e. The van der Waals surface area contributed by atoms with Gasteiger partial charge in [0.2, 0.25) is 0 Å². The molecule has 4 heteroatoms. The van der Waals surface area contributed by atoms with Gasteiger partial charge in [0.1, 0.15) is 5.02 Å². The van der Waals surface area contributed by atoms with Crippen LogP contribution >= 0.6 is 11.6 Å². The fourth-order valence-corrected chi connectivity index (χ4v) is 2.46. The molecule has 0 radical (unpaired) electrons. The molecule has 0 saturated carbocycles. The van der Waals surface area contributed by atoms with E-state index >= 15 is 0 Å². The highest BCUT2D eigenvalue weighted by Gasteiger charge is 2.11. The van der Waals surface area contributed by atoms with Crippen LogP contribution in [0.3, 0.4) is 0 Å². The fraction of sp³-hybridized carbons (Fsp3) is 0. The zero-order valence-corrected chi connectivity index (χ0v) is 12.3. The Morgan fingerprint density at radius 2 is 1.50 bits per heavy atom. The van der Waals surface area contributed by atoms with E-state index in [4.69, 9.17) is 11.6 Å². The highest BCUT2D eigenvalue weighted by atomic mass is 35.5. The normalized spacial score (nSPS) is 11.1. The molecule has 0 unspecified atom stereocenters. The standard InChI is InChI=1S/C18H12ClNO2/c19-17-10-8-14(12-18(17)20(21)22)6-5-13-7-9-15-3-1-2-4-16(15)11-13/h1-12H/b6-5+. The van der Waals surface area contributed by atoms with Crippen LogP contribution in [0, 0.1) is 10.1 Å². The van der Waals surface area contributed by atoms with Crippen LogP contribution in [-0.4, -0.2) is 4.92 Å². The summed E-state index contributed by atoms with van der Waals surface area (Å²) in [7, 11) is 0. The van der Waals surface area contributed by atoms with E-state index in [0.29, 0.717) is 0 Å². The van der Waals surface area contributed by atoms with Crippen LogP contribution in [0.5, 0.6) is 0 Å². The van der Waals surface area contributed by atoms with E-state index in [2.05, 4.69) is 24.3 Å². The van der Waals surface area contributed by atoms with Gasteiger partial charge >= 0.3 is 0 Å². The van der Waals surface area contributed by atoms with Crippen LogP contribution in [0.4, 0.5) is 5.69 Å². The molecule has 0 atom stereocenters. The van der Waals surface area contributed by atoms with E-state index in [1.54, 1.807) is 12.1 Å². The second-order valence-corrected chi connectivity index (χ2v) is 5.32. The molecule has 108 valence electrons. The van der Waals surface area contributed by atoms with Gasteiger partial charge < -0.3 is 0 Å². The third-order valence-corrected chi connectivity index (χ3v) is 3.73. The summed E-state index contributed by atoms with van der Waals surface area (Å²) in [5.74, 6) is 0. The predicted molar refractivity (Wildman–Crippen MR) is 91.0 cm³/mol. The molecule has 0 amide bonds. The predicted octanol–water partition coefficient (Wildman–Crippen LogP) is 5.57. The number of hydrogen-bond acceptors (Lipinski definition) is 2. The molecule has 3 aromatic carbocycles. The van der Waals surface area contributed by atoms with Gasteiger partial charge in [0.25, 0.3) is 5.69 Å². The molecule has 0 saturated heterocycles. The lowest BCUT2D eigenvalue weighted by atomic mass is 10.1. The number of nitrogens with zero attached hydrogens (tertiary/aromatic N) is 1. The van der Waals surface area contributed by atoms with Gasteiger partial charge in [-0.1, -0.05) is 66.2 Å². The van der Waals surface area contributed by atoms with Crippen molar-refractivity contribution in [2.24, 2.45) is 0 Å². The molecule has 0 aromatic heterocycles. The van der Waals surface area contributed by atoms with Crippen LogP contribution in [0.1, 0.15) is 11.1 Å². The summed E-state index contributed by atoms with van der Waals surface area (Å²) in [6, 6.07) is 19.0. The Bertz CT molecular complexity index is 887. The summed E-state index contributed by atoms with van der Waals surface area (Å²) in [5.41, 5.74) is 1.70. The maximum atomic E-state index is 10.9. The van der Waals surface area contributed by atoms with Gasteiger partial charge in [-0.3, -0.25) is 10.1 Å². The van der Waals surface area contributed by atoms with Crippen LogP contribution in [-0.2, 0) is 0 Å². The second-order valence-electron chi connectivity index (χ2n) is 4.91. The number of rotatable bonds is 3. The van der Waals surface area contributed by atoms with Crippen LogP contribution in [0.25, 0.3) is 22.9 Å². The van der Waals surface area contributed by atoms with Crippen molar-refractivity contribution >= 4 is 40.2 Å². The first kappa shape index (κ1) is 14.3. The molecule has 0 aliphatic carbocycles. The number of benzene rings is 3. The quantitative estimate of drug-likeness (QED) is 0.360. The third-order valence-electron chi connectivity index (χ3n) is 3.41. The molecular formula is C18H12ClNO2. The average molecular weight is 310 g/mol. The summed E-state index contributed by atoms with van der Waals surface area (Å²) >= 11 is 5.81. The zero-order chi connectivity index (χ0) is 15.5. The van der Waals surface area contributed by atoms with Gasteiger partial charge in [0, 0.05) is 6.07 Å². The van der Waals surface area contributed by atoms with Gasteiger partial charge in [-0.15, -0.1) is 0 Å². The molecule has 3 aromatic rings. The van der Waals surface area contributed by atoms with Crippen molar-refractivity contribution < 1.29 is 4.92 Å². The number of halogens is 1. The lowest BCUT2D eigenvalue weighted by Crippen LogP contribution is -1.89. The minimum Gasteiger partial charge on any atom is -0.258 e. The summed E-state index contributed by atoms with van der Waals surface area (Å²) < 4.78 is 0. The van der Waals surface area contributed by atoms with Gasteiger partial charge in [-0.2, -0.15) is 0 Å².